The largest absolute Gasteiger partial charge is 0.453 e. The van der Waals surface area contributed by atoms with Gasteiger partial charge in [0.15, 0.2) is 0 Å². The maximum Gasteiger partial charge on any atom is 0.407 e. The molecule has 0 saturated heterocycles. The molecule has 1 aromatic carbocycles. The minimum atomic E-state index is -0.375. The second kappa shape index (κ2) is 7.90. The molecule has 1 aliphatic rings. The molecule has 6 nitrogen and oxygen atoms in total. The molecular weight excluding hydrogens is 372 g/mol. The molecule has 4 rings (SSSR count). The summed E-state index contributed by atoms with van der Waals surface area (Å²) in [5, 5.41) is 5.99. The molecule has 144 valence electrons. The van der Waals surface area contributed by atoms with Crippen LogP contribution in [0, 0.1) is 0 Å². The molecule has 7 heteroatoms. The minimum Gasteiger partial charge on any atom is -0.453 e. The van der Waals surface area contributed by atoms with Gasteiger partial charge in [-0.3, -0.25) is 0 Å². The Hall–Kier alpha value is -3.06. The molecule has 1 atom stereocenters. The lowest BCUT2D eigenvalue weighted by Crippen LogP contribution is -2.35. The smallest absolute Gasteiger partial charge is 0.407 e. The van der Waals surface area contributed by atoms with Gasteiger partial charge in [0.05, 0.1) is 17.7 Å². The number of rotatable bonds is 4. The molecule has 2 heterocycles. The van der Waals surface area contributed by atoms with Crippen molar-refractivity contribution >= 4 is 45.4 Å². The van der Waals surface area contributed by atoms with Gasteiger partial charge in [-0.05, 0) is 54.5 Å². The highest BCUT2D eigenvalue weighted by Gasteiger charge is 2.19. The van der Waals surface area contributed by atoms with Crippen LogP contribution < -0.4 is 11.1 Å². The Morgan fingerprint density at radius 3 is 3.00 bits per heavy atom. The lowest BCUT2D eigenvalue weighted by atomic mass is 9.90. The van der Waals surface area contributed by atoms with Gasteiger partial charge in [0.1, 0.15) is 5.84 Å². The zero-order valence-electron chi connectivity index (χ0n) is 15.6. The van der Waals surface area contributed by atoms with E-state index in [9.17, 15) is 4.79 Å². The summed E-state index contributed by atoms with van der Waals surface area (Å²) in [6, 6.07) is 10.1. The van der Waals surface area contributed by atoms with E-state index in [-0.39, 0.29) is 12.1 Å². The van der Waals surface area contributed by atoms with Gasteiger partial charge in [-0.2, -0.15) is 0 Å². The predicted molar refractivity (Wildman–Crippen MR) is 114 cm³/mol. The lowest BCUT2D eigenvalue weighted by molar-refractivity contribution is 0.166. The molecule has 0 aliphatic heterocycles. The number of alkyl carbamates (subject to hydrolysis) is 1. The van der Waals surface area contributed by atoms with E-state index in [4.69, 9.17) is 5.73 Å². The van der Waals surface area contributed by atoms with Crippen molar-refractivity contribution in [2.45, 2.75) is 25.3 Å². The molecule has 28 heavy (non-hydrogen) atoms. The van der Waals surface area contributed by atoms with Crippen molar-refractivity contribution < 1.29 is 9.53 Å². The van der Waals surface area contributed by atoms with Crippen LogP contribution in [0.2, 0.25) is 0 Å². The van der Waals surface area contributed by atoms with Crippen LogP contribution in [0.25, 0.3) is 16.5 Å². The molecule has 0 saturated carbocycles. The van der Waals surface area contributed by atoms with Crippen molar-refractivity contribution in [1.29, 1.82) is 0 Å². The molecule has 0 spiro atoms. The number of aliphatic imine (C=N–C) groups is 1. The van der Waals surface area contributed by atoms with E-state index < -0.39 is 0 Å². The summed E-state index contributed by atoms with van der Waals surface area (Å²) in [6.07, 6.45) is 6.44. The number of benzene rings is 1. The first-order valence-corrected chi connectivity index (χ1v) is 10.0. The second-order valence-corrected chi connectivity index (χ2v) is 7.69. The van der Waals surface area contributed by atoms with Crippen LogP contribution in [0.15, 0.2) is 53.0 Å². The summed E-state index contributed by atoms with van der Waals surface area (Å²) >= 11 is 1.58. The van der Waals surface area contributed by atoms with Gasteiger partial charge < -0.3 is 20.8 Å². The number of nitrogens with zero attached hydrogens (tertiary/aromatic N) is 1. The number of allylic oxidation sites excluding steroid dienone is 1. The Morgan fingerprint density at radius 1 is 1.39 bits per heavy atom. The van der Waals surface area contributed by atoms with Gasteiger partial charge in [-0.15, -0.1) is 11.3 Å². The van der Waals surface area contributed by atoms with Crippen molar-refractivity contribution in [2.75, 3.05) is 7.11 Å². The molecule has 4 N–H and O–H groups in total. The third-order valence-electron chi connectivity index (χ3n) is 4.95. The number of carbonyl (C=O) groups excluding carboxylic acids is 1. The molecule has 1 unspecified atom stereocenters. The number of fused-ring (bicyclic) bond motifs is 1. The van der Waals surface area contributed by atoms with Crippen LogP contribution in [0.3, 0.4) is 0 Å². The Bertz CT molecular complexity index is 1050. The fraction of sp³-hybridized carbons (Fsp3) is 0.238. The van der Waals surface area contributed by atoms with Crippen LogP contribution in [-0.4, -0.2) is 30.1 Å². The first kappa shape index (κ1) is 18.3. The van der Waals surface area contributed by atoms with E-state index in [0.29, 0.717) is 5.84 Å². The molecule has 1 amide bonds. The normalized spacial score (nSPS) is 17.4. The zero-order chi connectivity index (χ0) is 19.5. The number of nitrogens with two attached hydrogens (primary N) is 1. The van der Waals surface area contributed by atoms with Crippen molar-refractivity contribution in [3.05, 3.63) is 58.4 Å². The number of H-pyrrole nitrogens is 1. The Kier molecular flexibility index (Phi) is 5.16. The first-order valence-electron chi connectivity index (χ1n) is 9.17. The van der Waals surface area contributed by atoms with E-state index in [1.807, 2.05) is 35.8 Å². The summed E-state index contributed by atoms with van der Waals surface area (Å²) in [5.41, 5.74) is 10.5. The fourth-order valence-electron chi connectivity index (χ4n) is 3.50. The summed E-state index contributed by atoms with van der Waals surface area (Å²) in [7, 11) is 1.39. The van der Waals surface area contributed by atoms with E-state index in [1.54, 1.807) is 11.3 Å². The van der Waals surface area contributed by atoms with Crippen LogP contribution in [0.5, 0.6) is 0 Å². The van der Waals surface area contributed by atoms with Crippen LogP contribution in [-0.2, 0) is 4.74 Å². The second-order valence-electron chi connectivity index (χ2n) is 6.74. The highest BCUT2D eigenvalue weighted by molar-refractivity contribution is 7.12. The van der Waals surface area contributed by atoms with Gasteiger partial charge in [-0.25, -0.2) is 9.79 Å². The number of aromatic amines is 1. The van der Waals surface area contributed by atoms with Gasteiger partial charge >= 0.3 is 6.09 Å². The number of thiophene rings is 1. The molecule has 0 fully saturated rings. The molecule has 3 aromatic rings. The van der Waals surface area contributed by atoms with Gasteiger partial charge in [0, 0.05) is 28.7 Å². The number of amides is 1. The summed E-state index contributed by atoms with van der Waals surface area (Å²) in [4.78, 5) is 20.3. The van der Waals surface area contributed by atoms with Gasteiger partial charge in [0.25, 0.3) is 0 Å². The third-order valence-corrected chi connectivity index (χ3v) is 5.85. The molecule has 0 radical (unpaired) electrons. The number of ether oxygens (including phenoxy) is 1. The van der Waals surface area contributed by atoms with Crippen LogP contribution >= 0.6 is 11.3 Å². The lowest BCUT2D eigenvalue weighted by Gasteiger charge is -2.22. The molecule has 2 aromatic heterocycles. The average molecular weight is 395 g/mol. The molecule has 1 aliphatic carbocycles. The van der Waals surface area contributed by atoms with E-state index in [0.717, 1.165) is 40.7 Å². The number of aromatic nitrogens is 1. The van der Waals surface area contributed by atoms with Gasteiger partial charge in [-0.1, -0.05) is 12.1 Å². The van der Waals surface area contributed by atoms with Crippen molar-refractivity contribution in [2.24, 2.45) is 10.7 Å². The monoisotopic (exact) mass is 394 g/mol. The van der Waals surface area contributed by atoms with Crippen LogP contribution in [0.4, 0.5) is 10.5 Å². The molecule has 0 bridgehead atoms. The molecular formula is C21H22N4O2S. The van der Waals surface area contributed by atoms with Crippen molar-refractivity contribution in [1.82, 2.24) is 10.3 Å². The Morgan fingerprint density at radius 2 is 2.29 bits per heavy atom. The van der Waals surface area contributed by atoms with Gasteiger partial charge in [0.2, 0.25) is 0 Å². The summed E-state index contributed by atoms with van der Waals surface area (Å²) in [5.74, 6) is 0.528. The quantitative estimate of drug-likeness (QED) is 0.447. The zero-order valence-corrected chi connectivity index (χ0v) is 16.4. The maximum absolute atomic E-state index is 11.4. The standard InChI is InChI=1S/C21H22N4O2S/c1-27-21(26)25-14-6-4-13(5-7-14)17-12-23-18-9-8-15(11-16(17)18)24-20(22)19-3-2-10-28-19/h2-4,8-12,14,23H,5-7H2,1H3,(H2,22,24)(H,25,26). The third kappa shape index (κ3) is 3.80. The number of hydrogen-bond donors (Lipinski definition) is 3. The minimum absolute atomic E-state index is 0.118. The predicted octanol–water partition coefficient (Wildman–Crippen LogP) is 4.56. The van der Waals surface area contributed by atoms with E-state index in [2.05, 4.69) is 32.2 Å². The SMILES string of the molecule is COC(=O)NC1CC=C(c2c[nH]c3ccc(N=C(N)c4cccs4)cc23)CC1. The number of nitrogens with one attached hydrogen (secondary N) is 2. The summed E-state index contributed by atoms with van der Waals surface area (Å²) < 4.78 is 4.68. The maximum atomic E-state index is 11.4. The van der Waals surface area contributed by atoms with Crippen molar-refractivity contribution in [3.8, 4) is 0 Å². The first-order chi connectivity index (χ1) is 13.6. The van der Waals surface area contributed by atoms with E-state index in [1.165, 1.54) is 18.2 Å². The number of hydrogen-bond acceptors (Lipinski definition) is 4. The number of methoxy groups -OCH3 is 1. The average Bonchev–Trinajstić information content (AvgIpc) is 3.38. The topological polar surface area (TPSA) is 92.5 Å². The highest BCUT2D eigenvalue weighted by Crippen LogP contribution is 2.34. The van der Waals surface area contributed by atoms with Crippen LogP contribution in [0.1, 0.15) is 29.7 Å². The Balaban J connectivity index is 1.59. The number of carbonyl (C=O) groups is 1. The summed E-state index contributed by atoms with van der Waals surface area (Å²) in [6.45, 7) is 0. The fourth-order valence-corrected chi connectivity index (χ4v) is 4.13. The number of amidine groups is 1. The highest BCUT2D eigenvalue weighted by atomic mass is 32.1. The van der Waals surface area contributed by atoms with E-state index >= 15 is 0 Å². The Labute approximate surface area is 167 Å². The van der Waals surface area contributed by atoms with Crippen molar-refractivity contribution in [3.63, 3.8) is 0 Å².